The van der Waals surface area contributed by atoms with Gasteiger partial charge in [0.15, 0.2) is 0 Å². The van der Waals surface area contributed by atoms with Crippen LogP contribution in [-0.2, 0) is 4.74 Å². The summed E-state index contributed by atoms with van der Waals surface area (Å²) >= 11 is 7.56. The number of halogens is 1. The van der Waals surface area contributed by atoms with E-state index in [0.717, 1.165) is 23.5 Å². The fourth-order valence-electron chi connectivity index (χ4n) is 2.39. The molecule has 1 saturated heterocycles. The second-order valence-electron chi connectivity index (χ2n) is 4.81. The second kappa shape index (κ2) is 6.19. The molecule has 1 aliphatic rings. The zero-order chi connectivity index (χ0) is 12.3. The van der Waals surface area contributed by atoms with Crippen LogP contribution in [0.3, 0.4) is 0 Å². The van der Waals surface area contributed by atoms with Gasteiger partial charge in [-0.05, 0) is 49.6 Å². The molecule has 0 spiro atoms. The summed E-state index contributed by atoms with van der Waals surface area (Å²) in [5.41, 5.74) is 1.29. The van der Waals surface area contributed by atoms with Crippen LogP contribution in [0.4, 0.5) is 0 Å². The number of nitrogens with one attached hydrogen (secondary N) is 1. The van der Waals surface area contributed by atoms with Crippen LogP contribution in [0.15, 0.2) is 11.4 Å². The van der Waals surface area contributed by atoms with Crippen LogP contribution in [0.5, 0.6) is 0 Å². The molecule has 0 saturated carbocycles. The molecular formula is C13H20ClNOS. The highest BCUT2D eigenvalue weighted by atomic mass is 35.5. The Balaban J connectivity index is 1.87. The first-order chi connectivity index (χ1) is 8.16. The fourth-order valence-corrected chi connectivity index (χ4v) is 3.38. The molecule has 17 heavy (non-hydrogen) atoms. The standard InChI is InChI=1S/C13H20ClNOS/c1-9(11-3-5-16-6-4-11)15-10(2)12-7-13(14)17-8-12/h7-11,15H,3-6H2,1-2H3. The van der Waals surface area contributed by atoms with Gasteiger partial charge in [0.1, 0.15) is 0 Å². The third-order valence-corrected chi connectivity index (χ3v) is 4.68. The summed E-state index contributed by atoms with van der Waals surface area (Å²) < 4.78 is 6.27. The van der Waals surface area contributed by atoms with Gasteiger partial charge >= 0.3 is 0 Å². The van der Waals surface area contributed by atoms with E-state index in [9.17, 15) is 0 Å². The molecule has 2 heterocycles. The van der Waals surface area contributed by atoms with Crippen LogP contribution in [0.1, 0.15) is 38.3 Å². The lowest BCUT2D eigenvalue weighted by Crippen LogP contribution is -2.38. The minimum atomic E-state index is 0.372. The van der Waals surface area contributed by atoms with Gasteiger partial charge in [0.25, 0.3) is 0 Å². The molecule has 0 aliphatic carbocycles. The van der Waals surface area contributed by atoms with Gasteiger partial charge in [0.05, 0.1) is 4.34 Å². The molecule has 0 bridgehead atoms. The molecule has 4 heteroatoms. The largest absolute Gasteiger partial charge is 0.381 e. The van der Waals surface area contributed by atoms with E-state index in [1.807, 2.05) is 0 Å². The maximum absolute atomic E-state index is 5.96. The maximum atomic E-state index is 5.96. The predicted octanol–water partition coefficient (Wildman–Crippen LogP) is 3.87. The van der Waals surface area contributed by atoms with Gasteiger partial charge in [-0.2, -0.15) is 0 Å². The highest BCUT2D eigenvalue weighted by Gasteiger charge is 2.22. The van der Waals surface area contributed by atoms with Gasteiger partial charge in [-0.15, -0.1) is 11.3 Å². The predicted molar refractivity (Wildman–Crippen MR) is 73.9 cm³/mol. The first kappa shape index (κ1) is 13.3. The van der Waals surface area contributed by atoms with E-state index in [1.165, 1.54) is 18.4 Å². The molecule has 1 aliphatic heterocycles. The Morgan fingerprint density at radius 3 is 2.71 bits per heavy atom. The van der Waals surface area contributed by atoms with E-state index >= 15 is 0 Å². The summed E-state index contributed by atoms with van der Waals surface area (Å²) in [6.07, 6.45) is 2.34. The first-order valence-corrected chi connectivity index (χ1v) is 7.50. The van der Waals surface area contributed by atoms with Crippen LogP contribution in [0, 0.1) is 5.92 Å². The molecule has 2 rings (SSSR count). The van der Waals surface area contributed by atoms with Crippen molar-refractivity contribution >= 4 is 22.9 Å². The highest BCUT2D eigenvalue weighted by Crippen LogP contribution is 2.26. The van der Waals surface area contributed by atoms with Gasteiger partial charge in [-0.3, -0.25) is 0 Å². The zero-order valence-corrected chi connectivity index (χ0v) is 12.0. The van der Waals surface area contributed by atoms with E-state index in [0.29, 0.717) is 12.1 Å². The summed E-state index contributed by atoms with van der Waals surface area (Å²) in [6, 6.07) is 2.96. The molecular weight excluding hydrogens is 254 g/mol. The van der Waals surface area contributed by atoms with Gasteiger partial charge in [-0.1, -0.05) is 11.6 Å². The maximum Gasteiger partial charge on any atom is 0.0931 e. The lowest BCUT2D eigenvalue weighted by molar-refractivity contribution is 0.0547. The van der Waals surface area contributed by atoms with Crippen molar-refractivity contribution in [3.05, 3.63) is 21.3 Å². The third kappa shape index (κ3) is 3.68. The monoisotopic (exact) mass is 273 g/mol. The molecule has 1 N–H and O–H groups in total. The summed E-state index contributed by atoms with van der Waals surface area (Å²) in [5, 5.41) is 5.81. The average Bonchev–Trinajstić information content (AvgIpc) is 2.77. The van der Waals surface area contributed by atoms with Crippen LogP contribution < -0.4 is 5.32 Å². The minimum absolute atomic E-state index is 0.372. The number of hydrogen-bond acceptors (Lipinski definition) is 3. The molecule has 2 nitrogen and oxygen atoms in total. The Morgan fingerprint density at radius 2 is 2.12 bits per heavy atom. The lowest BCUT2D eigenvalue weighted by atomic mass is 9.92. The van der Waals surface area contributed by atoms with Crippen molar-refractivity contribution in [2.45, 2.75) is 38.8 Å². The van der Waals surface area contributed by atoms with Crippen molar-refractivity contribution in [2.24, 2.45) is 5.92 Å². The summed E-state index contributed by atoms with van der Waals surface area (Å²) in [4.78, 5) is 0. The quantitative estimate of drug-likeness (QED) is 0.899. The summed E-state index contributed by atoms with van der Waals surface area (Å²) in [7, 11) is 0. The van der Waals surface area contributed by atoms with E-state index in [2.05, 4.69) is 30.6 Å². The molecule has 1 aromatic rings. The Bertz CT molecular complexity index is 349. The van der Waals surface area contributed by atoms with Gasteiger partial charge in [-0.25, -0.2) is 0 Å². The van der Waals surface area contributed by atoms with Crippen molar-refractivity contribution in [2.75, 3.05) is 13.2 Å². The topological polar surface area (TPSA) is 21.3 Å². The van der Waals surface area contributed by atoms with Crippen molar-refractivity contribution < 1.29 is 4.74 Å². The molecule has 0 amide bonds. The average molecular weight is 274 g/mol. The number of rotatable bonds is 4. The van der Waals surface area contributed by atoms with E-state index in [-0.39, 0.29) is 0 Å². The Hall–Kier alpha value is -0.0900. The Labute approximate surface area is 112 Å². The normalized spacial score (nSPS) is 21.4. The van der Waals surface area contributed by atoms with Crippen LogP contribution >= 0.6 is 22.9 Å². The molecule has 1 fully saturated rings. The zero-order valence-electron chi connectivity index (χ0n) is 10.4. The molecule has 2 atom stereocenters. The van der Waals surface area contributed by atoms with E-state index < -0.39 is 0 Å². The highest BCUT2D eigenvalue weighted by molar-refractivity contribution is 7.14. The van der Waals surface area contributed by atoms with Crippen LogP contribution in [0.2, 0.25) is 4.34 Å². The van der Waals surface area contributed by atoms with E-state index in [4.69, 9.17) is 16.3 Å². The van der Waals surface area contributed by atoms with Crippen LogP contribution in [-0.4, -0.2) is 19.3 Å². The number of ether oxygens (including phenoxy) is 1. The van der Waals surface area contributed by atoms with Crippen LogP contribution in [0.25, 0.3) is 0 Å². The van der Waals surface area contributed by atoms with Crippen molar-refractivity contribution in [1.29, 1.82) is 0 Å². The van der Waals surface area contributed by atoms with Crippen molar-refractivity contribution in [1.82, 2.24) is 5.32 Å². The fraction of sp³-hybridized carbons (Fsp3) is 0.692. The lowest BCUT2D eigenvalue weighted by Gasteiger charge is -2.30. The Kier molecular flexibility index (Phi) is 4.86. The van der Waals surface area contributed by atoms with E-state index in [1.54, 1.807) is 11.3 Å². The minimum Gasteiger partial charge on any atom is -0.381 e. The molecule has 1 aromatic heterocycles. The van der Waals surface area contributed by atoms with Gasteiger partial charge in [0, 0.05) is 25.3 Å². The summed E-state index contributed by atoms with van der Waals surface area (Å²) in [6.45, 7) is 6.30. The second-order valence-corrected chi connectivity index (χ2v) is 6.35. The number of thiophene rings is 1. The molecule has 0 aromatic carbocycles. The smallest absolute Gasteiger partial charge is 0.0931 e. The van der Waals surface area contributed by atoms with Gasteiger partial charge < -0.3 is 10.1 Å². The van der Waals surface area contributed by atoms with Gasteiger partial charge in [0.2, 0.25) is 0 Å². The third-order valence-electron chi connectivity index (χ3n) is 3.57. The number of hydrogen-bond donors (Lipinski definition) is 1. The van der Waals surface area contributed by atoms with Crippen molar-refractivity contribution in [3.8, 4) is 0 Å². The summed E-state index contributed by atoms with van der Waals surface area (Å²) in [5.74, 6) is 0.736. The molecule has 2 unspecified atom stereocenters. The first-order valence-electron chi connectivity index (χ1n) is 6.24. The van der Waals surface area contributed by atoms with Crippen molar-refractivity contribution in [3.63, 3.8) is 0 Å². The SMILES string of the molecule is CC(NC(C)C1CCOCC1)c1csc(Cl)c1. The molecule has 96 valence electrons. The molecule has 0 radical (unpaired) electrons. The Morgan fingerprint density at radius 1 is 1.41 bits per heavy atom.